The Balaban J connectivity index is 1.57. The third-order valence-corrected chi connectivity index (χ3v) is 5.31. The third kappa shape index (κ3) is 5.43. The van der Waals surface area contributed by atoms with Crippen LogP contribution < -0.4 is 5.32 Å². The van der Waals surface area contributed by atoms with Gasteiger partial charge in [-0.25, -0.2) is 4.98 Å². The van der Waals surface area contributed by atoms with Gasteiger partial charge in [0.1, 0.15) is 0 Å². The zero-order valence-corrected chi connectivity index (χ0v) is 16.8. The first-order valence-corrected chi connectivity index (χ1v) is 9.91. The Morgan fingerprint density at radius 2 is 2.07 bits per heavy atom. The minimum absolute atomic E-state index is 0.0858. The molecule has 0 fully saturated rings. The standard InChI is InChI=1S/C20H19ClN2O4S/c1-26-20(25)11-15(17-3-2-10-28-17)23-18(24)8-9-19-22-12-16(27-19)13-4-6-14(21)7-5-13/h2-7,10,12,15H,8-9,11H2,1H3,(H,23,24). The number of esters is 1. The molecule has 0 radical (unpaired) electrons. The second kappa shape index (κ2) is 9.52. The summed E-state index contributed by atoms with van der Waals surface area (Å²) in [6.45, 7) is 0. The number of oxazole rings is 1. The molecule has 0 aliphatic carbocycles. The number of carbonyl (C=O) groups is 2. The number of halogens is 1. The van der Waals surface area contributed by atoms with Crippen LogP contribution >= 0.6 is 22.9 Å². The van der Waals surface area contributed by atoms with Crippen molar-refractivity contribution in [2.75, 3.05) is 7.11 Å². The van der Waals surface area contributed by atoms with Crippen molar-refractivity contribution in [1.82, 2.24) is 10.3 Å². The summed E-state index contributed by atoms with van der Waals surface area (Å²) in [7, 11) is 1.33. The van der Waals surface area contributed by atoms with E-state index in [9.17, 15) is 9.59 Å². The Morgan fingerprint density at radius 3 is 2.75 bits per heavy atom. The fourth-order valence-corrected chi connectivity index (χ4v) is 3.53. The largest absolute Gasteiger partial charge is 0.469 e. The maximum absolute atomic E-state index is 12.4. The van der Waals surface area contributed by atoms with Crippen LogP contribution in [0.1, 0.15) is 29.7 Å². The lowest BCUT2D eigenvalue weighted by molar-refractivity contribution is -0.141. The van der Waals surface area contributed by atoms with E-state index in [-0.39, 0.29) is 24.7 Å². The maximum atomic E-state index is 12.4. The number of carbonyl (C=O) groups excluding carboxylic acids is 2. The van der Waals surface area contributed by atoms with Crippen LogP contribution in [0.15, 0.2) is 52.4 Å². The molecule has 0 aliphatic heterocycles. The van der Waals surface area contributed by atoms with Crippen molar-refractivity contribution < 1.29 is 18.7 Å². The van der Waals surface area contributed by atoms with Crippen LogP contribution in [-0.4, -0.2) is 24.0 Å². The topological polar surface area (TPSA) is 81.4 Å². The van der Waals surface area contributed by atoms with Crippen molar-refractivity contribution in [3.05, 3.63) is 63.8 Å². The average Bonchev–Trinajstić information content (AvgIpc) is 3.38. The van der Waals surface area contributed by atoms with Gasteiger partial charge in [-0.05, 0) is 35.7 Å². The molecule has 0 spiro atoms. The number of amides is 1. The van der Waals surface area contributed by atoms with E-state index in [1.54, 1.807) is 18.3 Å². The van der Waals surface area contributed by atoms with Crippen molar-refractivity contribution >= 4 is 34.8 Å². The fourth-order valence-electron chi connectivity index (χ4n) is 2.62. The smallest absolute Gasteiger partial charge is 0.307 e. The van der Waals surface area contributed by atoms with Gasteiger partial charge in [0.25, 0.3) is 0 Å². The first kappa shape index (κ1) is 20.1. The summed E-state index contributed by atoms with van der Waals surface area (Å²) in [6, 6.07) is 10.6. The molecule has 2 aromatic heterocycles. The lowest BCUT2D eigenvalue weighted by Gasteiger charge is -2.16. The molecule has 8 heteroatoms. The highest BCUT2D eigenvalue weighted by molar-refractivity contribution is 7.10. The molecule has 1 N–H and O–H groups in total. The number of hydrogen-bond donors (Lipinski definition) is 1. The van der Waals surface area contributed by atoms with Crippen LogP contribution in [-0.2, 0) is 20.7 Å². The number of hydrogen-bond acceptors (Lipinski definition) is 6. The Kier molecular flexibility index (Phi) is 6.84. The zero-order valence-electron chi connectivity index (χ0n) is 15.2. The van der Waals surface area contributed by atoms with Gasteiger partial charge in [0.15, 0.2) is 11.7 Å². The maximum Gasteiger partial charge on any atom is 0.307 e. The summed E-state index contributed by atoms with van der Waals surface area (Å²) in [6.07, 6.45) is 2.27. The summed E-state index contributed by atoms with van der Waals surface area (Å²) < 4.78 is 10.4. The first-order valence-electron chi connectivity index (χ1n) is 8.65. The number of methoxy groups -OCH3 is 1. The van der Waals surface area contributed by atoms with Gasteiger partial charge in [-0.15, -0.1) is 11.3 Å². The SMILES string of the molecule is COC(=O)CC(NC(=O)CCc1ncc(-c2ccc(Cl)cc2)o1)c1cccs1. The summed E-state index contributed by atoms with van der Waals surface area (Å²) in [5, 5.41) is 5.43. The second-order valence-electron chi connectivity index (χ2n) is 6.04. The lowest BCUT2D eigenvalue weighted by atomic mass is 10.1. The van der Waals surface area contributed by atoms with Crippen LogP contribution in [0.3, 0.4) is 0 Å². The lowest BCUT2D eigenvalue weighted by Crippen LogP contribution is -2.30. The van der Waals surface area contributed by atoms with Crippen LogP contribution in [0.25, 0.3) is 11.3 Å². The Morgan fingerprint density at radius 1 is 1.29 bits per heavy atom. The molecule has 1 aromatic carbocycles. The molecule has 0 bridgehead atoms. The number of nitrogens with zero attached hydrogens (tertiary/aromatic N) is 1. The van der Waals surface area contributed by atoms with Crippen molar-refractivity contribution in [3.8, 4) is 11.3 Å². The molecule has 3 rings (SSSR count). The molecule has 0 saturated carbocycles. The van der Waals surface area contributed by atoms with Gasteiger partial charge in [0.05, 0.1) is 25.8 Å². The Hall–Kier alpha value is -2.64. The second-order valence-corrected chi connectivity index (χ2v) is 7.46. The normalized spacial score (nSPS) is 11.8. The molecule has 146 valence electrons. The number of nitrogens with one attached hydrogen (secondary N) is 1. The fraction of sp³-hybridized carbons (Fsp3) is 0.250. The average molecular weight is 419 g/mol. The monoisotopic (exact) mass is 418 g/mol. The van der Waals surface area contributed by atoms with Gasteiger partial charge in [-0.2, -0.15) is 0 Å². The summed E-state index contributed by atoms with van der Waals surface area (Å²) in [5.74, 6) is 0.530. The number of thiophene rings is 1. The minimum atomic E-state index is -0.408. The minimum Gasteiger partial charge on any atom is -0.469 e. The molecule has 3 aromatic rings. The van der Waals surface area contributed by atoms with Gasteiger partial charge in [0, 0.05) is 28.3 Å². The van der Waals surface area contributed by atoms with Gasteiger partial charge in [-0.3, -0.25) is 9.59 Å². The van der Waals surface area contributed by atoms with Gasteiger partial charge >= 0.3 is 5.97 Å². The zero-order chi connectivity index (χ0) is 19.9. The van der Waals surface area contributed by atoms with Gasteiger partial charge in [0.2, 0.25) is 5.91 Å². The van der Waals surface area contributed by atoms with E-state index in [0.29, 0.717) is 23.1 Å². The highest BCUT2D eigenvalue weighted by Gasteiger charge is 2.20. The van der Waals surface area contributed by atoms with Crippen molar-refractivity contribution in [1.29, 1.82) is 0 Å². The molecule has 28 heavy (non-hydrogen) atoms. The molecular formula is C20H19ClN2O4S. The van der Waals surface area contributed by atoms with Gasteiger partial charge in [-0.1, -0.05) is 17.7 Å². The summed E-state index contributed by atoms with van der Waals surface area (Å²) in [5.41, 5.74) is 0.864. The number of aryl methyl sites for hydroxylation is 1. The number of rotatable bonds is 8. The highest BCUT2D eigenvalue weighted by Crippen LogP contribution is 2.24. The van der Waals surface area contributed by atoms with E-state index in [2.05, 4.69) is 10.3 Å². The molecule has 0 aliphatic rings. The molecule has 2 heterocycles. The number of benzene rings is 1. The van der Waals surface area contributed by atoms with E-state index in [1.807, 2.05) is 29.6 Å². The predicted molar refractivity (Wildman–Crippen MR) is 107 cm³/mol. The van der Waals surface area contributed by atoms with Crippen LogP contribution in [0, 0.1) is 0 Å². The van der Waals surface area contributed by atoms with Crippen LogP contribution in [0.2, 0.25) is 5.02 Å². The van der Waals surface area contributed by atoms with Crippen molar-refractivity contribution in [2.24, 2.45) is 0 Å². The Bertz CT molecular complexity index is 922. The molecule has 1 amide bonds. The number of aromatic nitrogens is 1. The predicted octanol–water partition coefficient (Wildman–Crippen LogP) is 4.41. The third-order valence-electron chi connectivity index (χ3n) is 4.07. The van der Waals surface area contributed by atoms with Crippen molar-refractivity contribution in [3.63, 3.8) is 0 Å². The quantitative estimate of drug-likeness (QED) is 0.548. The number of ether oxygens (including phenoxy) is 1. The van der Waals surface area contributed by atoms with E-state index >= 15 is 0 Å². The van der Waals surface area contributed by atoms with E-state index in [4.69, 9.17) is 20.8 Å². The molecule has 0 saturated heterocycles. The van der Waals surface area contributed by atoms with Crippen LogP contribution in [0.4, 0.5) is 0 Å². The first-order chi connectivity index (χ1) is 13.5. The van der Waals surface area contributed by atoms with E-state index in [1.165, 1.54) is 18.4 Å². The highest BCUT2D eigenvalue weighted by atomic mass is 35.5. The molecule has 1 unspecified atom stereocenters. The van der Waals surface area contributed by atoms with E-state index in [0.717, 1.165) is 10.4 Å². The van der Waals surface area contributed by atoms with Crippen molar-refractivity contribution in [2.45, 2.75) is 25.3 Å². The van der Waals surface area contributed by atoms with E-state index < -0.39 is 6.04 Å². The molecule has 1 atom stereocenters. The Labute approximate surface area is 171 Å². The summed E-state index contributed by atoms with van der Waals surface area (Å²) in [4.78, 5) is 29.1. The molecule has 6 nitrogen and oxygen atoms in total. The van der Waals surface area contributed by atoms with Gasteiger partial charge < -0.3 is 14.5 Å². The van der Waals surface area contributed by atoms with Crippen LogP contribution in [0.5, 0.6) is 0 Å². The molecular weight excluding hydrogens is 400 g/mol. The summed E-state index contributed by atoms with van der Waals surface area (Å²) >= 11 is 7.37.